The third kappa shape index (κ3) is 5.60. The van der Waals surface area contributed by atoms with Gasteiger partial charge in [0.1, 0.15) is 12.4 Å². The van der Waals surface area contributed by atoms with Crippen molar-refractivity contribution in [1.82, 2.24) is 0 Å². The molecule has 0 aromatic heterocycles. The van der Waals surface area contributed by atoms with E-state index < -0.39 is 5.97 Å². The standard InChI is InChI=1S/C25H17BrCl2FNO4/c1-2-32-22-11-15(9-19(26)23(22)33-13-14-3-6-17(29)7-4-14)10-21-25(31)34-24(30-21)18-8-5-16(27)12-20(18)28/h3-12H,2,13H2,1H3/b21-10-. The number of ether oxygens (including phenoxy) is 3. The summed E-state index contributed by atoms with van der Waals surface area (Å²) in [6, 6.07) is 14.4. The van der Waals surface area contributed by atoms with E-state index in [1.54, 1.807) is 48.5 Å². The van der Waals surface area contributed by atoms with Crippen LogP contribution in [-0.2, 0) is 16.1 Å². The molecule has 0 amide bonds. The van der Waals surface area contributed by atoms with Gasteiger partial charge in [-0.1, -0.05) is 35.3 Å². The summed E-state index contributed by atoms with van der Waals surface area (Å²) >= 11 is 15.7. The van der Waals surface area contributed by atoms with E-state index in [0.717, 1.165) is 5.56 Å². The molecule has 0 unspecified atom stereocenters. The van der Waals surface area contributed by atoms with Crippen LogP contribution < -0.4 is 9.47 Å². The molecule has 174 valence electrons. The van der Waals surface area contributed by atoms with E-state index in [9.17, 15) is 9.18 Å². The molecular formula is C25H17BrCl2FNO4. The summed E-state index contributed by atoms with van der Waals surface area (Å²) in [7, 11) is 0. The summed E-state index contributed by atoms with van der Waals surface area (Å²) in [5.41, 5.74) is 2.01. The summed E-state index contributed by atoms with van der Waals surface area (Å²) in [6.07, 6.45) is 1.58. The van der Waals surface area contributed by atoms with Crippen LogP contribution in [0.3, 0.4) is 0 Å². The minimum atomic E-state index is -0.605. The van der Waals surface area contributed by atoms with Crippen molar-refractivity contribution in [3.63, 3.8) is 0 Å². The number of carbonyl (C=O) groups is 1. The van der Waals surface area contributed by atoms with E-state index >= 15 is 0 Å². The zero-order valence-electron chi connectivity index (χ0n) is 17.8. The normalized spacial score (nSPS) is 14.2. The molecule has 3 aromatic carbocycles. The Hall–Kier alpha value is -2.87. The molecule has 0 atom stereocenters. The molecule has 1 aliphatic rings. The molecule has 5 nitrogen and oxygen atoms in total. The van der Waals surface area contributed by atoms with Crippen LogP contribution in [0.5, 0.6) is 11.5 Å². The molecule has 0 bridgehead atoms. The molecule has 0 radical (unpaired) electrons. The number of esters is 1. The molecule has 0 saturated heterocycles. The van der Waals surface area contributed by atoms with Gasteiger partial charge in [0.25, 0.3) is 0 Å². The minimum absolute atomic E-state index is 0.0984. The fourth-order valence-electron chi connectivity index (χ4n) is 3.16. The molecule has 1 heterocycles. The molecule has 3 aromatic rings. The smallest absolute Gasteiger partial charge is 0.363 e. The molecular weight excluding hydrogens is 548 g/mol. The van der Waals surface area contributed by atoms with Gasteiger partial charge >= 0.3 is 5.97 Å². The highest BCUT2D eigenvalue weighted by atomic mass is 79.9. The van der Waals surface area contributed by atoms with Gasteiger partial charge in [-0.2, -0.15) is 0 Å². The molecule has 0 aliphatic carbocycles. The van der Waals surface area contributed by atoms with Crippen molar-refractivity contribution in [1.29, 1.82) is 0 Å². The average molecular weight is 565 g/mol. The zero-order chi connectivity index (χ0) is 24.2. The van der Waals surface area contributed by atoms with Gasteiger partial charge in [0.15, 0.2) is 17.2 Å². The molecule has 4 rings (SSSR count). The zero-order valence-corrected chi connectivity index (χ0v) is 20.9. The number of aliphatic imine (C=N–C) groups is 1. The monoisotopic (exact) mass is 563 g/mol. The second-order valence-electron chi connectivity index (χ2n) is 7.14. The summed E-state index contributed by atoms with van der Waals surface area (Å²) in [4.78, 5) is 16.7. The van der Waals surface area contributed by atoms with E-state index in [4.69, 9.17) is 37.4 Å². The van der Waals surface area contributed by atoms with Gasteiger partial charge in [-0.05, 0) is 82.5 Å². The van der Waals surface area contributed by atoms with Crippen molar-refractivity contribution >= 4 is 57.1 Å². The Labute approximate surface area is 213 Å². The maximum atomic E-state index is 13.1. The lowest BCUT2D eigenvalue weighted by molar-refractivity contribution is -0.129. The highest BCUT2D eigenvalue weighted by molar-refractivity contribution is 9.10. The SMILES string of the molecule is CCOc1cc(/C=C2\N=C(c3ccc(Cl)cc3Cl)OC2=O)cc(Br)c1OCc1ccc(F)cc1. The molecule has 0 spiro atoms. The average Bonchev–Trinajstić information content (AvgIpc) is 3.14. The summed E-state index contributed by atoms with van der Waals surface area (Å²) in [5, 5.41) is 0.786. The first-order chi connectivity index (χ1) is 16.3. The lowest BCUT2D eigenvalue weighted by Gasteiger charge is -2.15. The van der Waals surface area contributed by atoms with Crippen molar-refractivity contribution < 1.29 is 23.4 Å². The third-order valence-electron chi connectivity index (χ3n) is 4.71. The van der Waals surface area contributed by atoms with Gasteiger partial charge in [0.2, 0.25) is 5.90 Å². The Balaban J connectivity index is 1.61. The highest BCUT2D eigenvalue weighted by Gasteiger charge is 2.26. The lowest BCUT2D eigenvalue weighted by atomic mass is 10.1. The molecule has 0 saturated carbocycles. The van der Waals surface area contributed by atoms with E-state index in [2.05, 4.69) is 20.9 Å². The molecule has 34 heavy (non-hydrogen) atoms. The minimum Gasteiger partial charge on any atom is -0.490 e. The Kier molecular flexibility index (Phi) is 7.56. The van der Waals surface area contributed by atoms with Crippen molar-refractivity contribution in [2.45, 2.75) is 13.5 Å². The second-order valence-corrected chi connectivity index (χ2v) is 8.84. The van der Waals surface area contributed by atoms with Gasteiger partial charge < -0.3 is 14.2 Å². The number of nitrogens with zero attached hydrogens (tertiary/aromatic N) is 1. The van der Waals surface area contributed by atoms with Gasteiger partial charge in [-0.3, -0.25) is 0 Å². The summed E-state index contributed by atoms with van der Waals surface area (Å²) in [5.74, 6) is 0.140. The van der Waals surface area contributed by atoms with E-state index in [0.29, 0.717) is 43.8 Å². The number of carbonyl (C=O) groups excluding carboxylic acids is 1. The largest absolute Gasteiger partial charge is 0.490 e. The van der Waals surface area contributed by atoms with Crippen molar-refractivity contribution in [3.05, 3.63) is 97.3 Å². The maximum Gasteiger partial charge on any atom is 0.363 e. The highest BCUT2D eigenvalue weighted by Crippen LogP contribution is 2.38. The first-order valence-electron chi connectivity index (χ1n) is 10.2. The maximum absolute atomic E-state index is 13.1. The predicted octanol–water partition coefficient (Wildman–Crippen LogP) is 7.22. The second kappa shape index (κ2) is 10.6. The fraction of sp³-hybridized carbons (Fsp3) is 0.120. The number of hydrogen-bond acceptors (Lipinski definition) is 5. The Morgan fingerprint density at radius 1 is 1.09 bits per heavy atom. The molecule has 9 heteroatoms. The number of hydrogen-bond donors (Lipinski definition) is 0. The van der Waals surface area contributed by atoms with Crippen LogP contribution in [0.2, 0.25) is 10.0 Å². The summed E-state index contributed by atoms with van der Waals surface area (Å²) in [6.45, 7) is 2.48. The Bertz CT molecular complexity index is 1310. The first-order valence-corrected chi connectivity index (χ1v) is 11.7. The van der Waals surface area contributed by atoms with Gasteiger partial charge in [0.05, 0.1) is 21.7 Å². The van der Waals surface area contributed by atoms with Crippen LogP contribution in [0.15, 0.2) is 69.8 Å². The predicted molar refractivity (Wildman–Crippen MR) is 133 cm³/mol. The number of cyclic esters (lactones) is 1. The molecule has 1 aliphatic heterocycles. The molecule has 0 N–H and O–H groups in total. The topological polar surface area (TPSA) is 57.1 Å². The van der Waals surface area contributed by atoms with Gasteiger partial charge in [-0.15, -0.1) is 0 Å². The first kappa shape index (κ1) is 24.3. The van der Waals surface area contributed by atoms with Crippen LogP contribution in [-0.4, -0.2) is 18.5 Å². The fourth-order valence-corrected chi connectivity index (χ4v) is 4.22. The van der Waals surface area contributed by atoms with Crippen molar-refractivity contribution in [3.8, 4) is 11.5 Å². The quantitative estimate of drug-likeness (QED) is 0.224. The molecule has 0 fully saturated rings. The van der Waals surface area contributed by atoms with Crippen molar-refractivity contribution in [2.75, 3.05) is 6.61 Å². The Morgan fingerprint density at radius 2 is 1.85 bits per heavy atom. The van der Waals surface area contributed by atoms with Crippen LogP contribution in [0, 0.1) is 5.82 Å². The third-order valence-corrected chi connectivity index (χ3v) is 5.85. The van der Waals surface area contributed by atoms with Crippen LogP contribution >= 0.6 is 39.1 Å². The number of rotatable bonds is 7. The van der Waals surface area contributed by atoms with Gasteiger partial charge in [0, 0.05) is 5.02 Å². The summed E-state index contributed by atoms with van der Waals surface area (Å²) < 4.78 is 30.7. The lowest BCUT2D eigenvalue weighted by Crippen LogP contribution is -2.06. The number of benzene rings is 3. The van der Waals surface area contributed by atoms with Crippen molar-refractivity contribution in [2.24, 2.45) is 4.99 Å². The Morgan fingerprint density at radius 3 is 2.56 bits per heavy atom. The van der Waals surface area contributed by atoms with Crippen LogP contribution in [0.1, 0.15) is 23.6 Å². The van der Waals surface area contributed by atoms with E-state index in [1.807, 2.05) is 6.92 Å². The van der Waals surface area contributed by atoms with Crippen LogP contribution in [0.25, 0.3) is 6.08 Å². The van der Waals surface area contributed by atoms with Gasteiger partial charge in [-0.25, -0.2) is 14.2 Å². The number of halogens is 4. The van der Waals surface area contributed by atoms with E-state index in [1.165, 1.54) is 12.1 Å². The van der Waals surface area contributed by atoms with E-state index in [-0.39, 0.29) is 24.0 Å². The van der Waals surface area contributed by atoms with Crippen LogP contribution in [0.4, 0.5) is 4.39 Å².